The van der Waals surface area contributed by atoms with Crippen molar-refractivity contribution < 1.29 is 4.39 Å². The highest BCUT2D eigenvalue weighted by atomic mass is 79.9. The first-order valence-electron chi connectivity index (χ1n) is 5.15. The SMILES string of the molecule is CCCC(Br)C(C)c1ccc(F)cc1Cl. The van der Waals surface area contributed by atoms with E-state index in [-0.39, 0.29) is 5.82 Å². The van der Waals surface area contributed by atoms with Crippen molar-refractivity contribution in [2.75, 3.05) is 0 Å². The molecule has 0 aliphatic carbocycles. The summed E-state index contributed by atoms with van der Waals surface area (Å²) in [6, 6.07) is 4.61. The molecule has 0 aliphatic heterocycles. The second-order valence-corrected chi connectivity index (χ2v) is 5.34. The van der Waals surface area contributed by atoms with Gasteiger partial charge >= 0.3 is 0 Å². The topological polar surface area (TPSA) is 0 Å². The van der Waals surface area contributed by atoms with Crippen molar-refractivity contribution >= 4 is 27.5 Å². The van der Waals surface area contributed by atoms with E-state index in [0.29, 0.717) is 15.8 Å². The molecule has 0 saturated carbocycles. The van der Waals surface area contributed by atoms with Crippen molar-refractivity contribution in [2.24, 2.45) is 0 Å². The maximum atomic E-state index is 12.9. The van der Waals surface area contributed by atoms with Gasteiger partial charge in [-0.3, -0.25) is 0 Å². The average molecular weight is 294 g/mol. The molecule has 0 aliphatic rings. The molecule has 1 aromatic carbocycles. The van der Waals surface area contributed by atoms with Gasteiger partial charge in [0.2, 0.25) is 0 Å². The molecule has 3 heteroatoms. The highest BCUT2D eigenvalue weighted by Gasteiger charge is 2.17. The van der Waals surface area contributed by atoms with E-state index in [1.807, 2.05) is 0 Å². The second-order valence-electron chi connectivity index (χ2n) is 3.76. The zero-order valence-electron chi connectivity index (χ0n) is 8.93. The molecule has 0 nitrogen and oxygen atoms in total. The Kier molecular flexibility index (Phi) is 5.07. The van der Waals surface area contributed by atoms with E-state index < -0.39 is 0 Å². The summed E-state index contributed by atoms with van der Waals surface area (Å²) in [6.07, 6.45) is 2.22. The van der Waals surface area contributed by atoms with Gasteiger partial charge in [-0.2, -0.15) is 0 Å². The highest BCUT2D eigenvalue weighted by molar-refractivity contribution is 9.09. The predicted octanol–water partition coefficient (Wildman–Crippen LogP) is 5.15. The van der Waals surface area contributed by atoms with Crippen molar-refractivity contribution in [3.8, 4) is 0 Å². The Morgan fingerprint density at radius 1 is 1.47 bits per heavy atom. The summed E-state index contributed by atoms with van der Waals surface area (Å²) < 4.78 is 12.9. The van der Waals surface area contributed by atoms with E-state index in [1.54, 1.807) is 6.07 Å². The van der Waals surface area contributed by atoms with Crippen LogP contribution in [-0.2, 0) is 0 Å². The lowest BCUT2D eigenvalue weighted by Gasteiger charge is -2.19. The van der Waals surface area contributed by atoms with Crippen molar-refractivity contribution in [3.63, 3.8) is 0 Å². The van der Waals surface area contributed by atoms with Gasteiger partial charge in [0.15, 0.2) is 0 Å². The Labute approximate surface area is 104 Å². The molecule has 0 bridgehead atoms. The fourth-order valence-corrected chi connectivity index (χ4v) is 2.67. The lowest BCUT2D eigenvalue weighted by molar-refractivity contribution is 0.621. The minimum Gasteiger partial charge on any atom is -0.207 e. The van der Waals surface area contributed by atoms with E-state index in [2.05, 4.69) is 29.8 Å². The number of benzene rings is 1. The first-order chi connectivity index (χ1) is 7.06. The summed E-state index contributed by atoms with van der Waals surface area (Å²) in [5, 5.41) is 0.517. The number of hydrogen-bond acceptors (Lipinski definition) is 0. The number of halogens is 3. The second kappa shape index (κ2) is 5.86. The molecule has 2 atom stereocenters. The Hall–Kier alpha value is -0.0800. The molecule has 0 spiro atoms. The van der Waals surface area contributed by atoms with Gasteiger partial charge in [-0.15, -0.1) is 0 Å². The van der Waals surface area contributed by atoms with E-state index in [4.69, 9.17) is 11.6 Å². The van der Waals surface area contributed by atoms with Crippen LogP contribution >= 0.6 is 27.5 Å². The van der Waals surface area contributed by atoms with Crippen LogP contribution in [0, 0.1) is 5.82 Å². The zero-order valence-corrected chi connectivity index (χ0v) is 11.3. The third-order valence-electron chi connectivity index (χ3n) is 2.56. The quantitative estimate of drug-likeness (QED) is 0.674. The molecule has 84 valence electrons. The minimum atomic E-state index is -0.280. The molecule has 0 amide bonds. The van der Waals surface area contributed by atoms with Crippen molar-refractivity contribution in [1.29, 1.82) is 0 Å². The summed E-state index contributed by atoms with van der Waals surface area (Å²) >= 11 is 9.65. The summed E-state index contributed by atoms with van der Waals surface area (Å²) in [7, 11) is 0. The van der Waals surface area contributed by atoms with Crippen LogP contribution in [0.2, 0.25) is 5.02 Å². The predicted molar refractivity (Wildman–Crippen MR) is 67.4 cm³/mol. The Balaban J connectivity index is 2.86. The third-order valence-corrected chi connectivity index (χ3v) is 4.14. The molecule has 0 radical (unpaired) electrons. The molecule has 0 saturated heterocycles. The summed E-state index contributed by atoms with van der Waals surface area (Å²) in [5.41, 5.74) is 1.01. The molecule has 0 heterocycles. The lowest BCUT2D eigenvalue weighted by atomic mass is 9.95. The standard InChI is InChI=1S/C12H15BrClF/c1-3-4-11(13)8(2)10-6-5-9(15)7-12(10)14/h5-8,11H,3-4H2,1-2H3. The smallest absolute Gasteiger partial charge is 0.124 e. The Morgan fingerprint density at radius 3 is 2.67 bits per heavy atom. The van der Waals surface area contributed by atoms with Gasteiger partial charge in [0.05, 0.1) is 0 Å². The van der Waals surface area contributed by atoms with Gasteiger partial charge in [-0.25, -0.2) is 4.39 Å². The number of rotatable bonds is 4. The monoisotopic (exact) mass is 292 g/mol. The van der Waals surface area contributed by atoms with Crippen LogP contribution in [0.4, 0.5) is 4.39 Å². The number of alkyl halides is 1. The van der Waals surface area contributed by atoms with Gasteiger partial charge in [0.25, 0.3) is 0 Å². The normalized spacial score (nSPS) is 15.0. The molecule has 1 aromatic rings. The zero-order chi connectivity index (χ0) is 11.4. The van der Waals surface area contributed by atoms with Crippen LogP contribution in [0.15, 0.2) is 18.2 Å². The van der Waals surface area contributed by atoms with E-state index >= 15 is 0 Å². The van der Waals surface area contributed by atoms with Crippen LogP contribution in [0.1, 0.15) is 38.2 Å². The van der Waals surface area contributed by atoms with Gasteiger partial charge in [-0.1, -0.05) is 53.9 Å². The fraction of sp³-hybridized carbons (Fsp3) is 0.500. The van der Waals surface area contributed by atoms with Gasteiger partial charge in [0.1, 0.15) is 5.82 Å². The largest absolute Gasteiger partial charge is 0.207 e. The lowest BCUT2D eigenvalue weighted by Crippen LogP contribution is -2.09. The maximum Gasteiger partial charge on any atom is 0.124 e. The minimum absolute atomic E-state index is 0.280. The molecular formula is C12H15BrClF. The fourth-order valence-electron chi connectivity index (χ4n) is 1.59. The van der Waals surface area contributed by atoms with Crippen LogP contribution in [0.25, 0.3) is 0 Å². The molecule has 0 N–H and O–H groups in total. The molecule has 2 unspecified atom stereocenters. The van der Waals surface area contributed by atoms with Crippen LogP contribution < -0.4 is 0 Å². The average Bonchev–Trinajstić information content (AvgIpc) is 2.17. The van der Waals surface area contributed by atoms with Crippen LogP contribution in [-0.4, -0.2) is 4.83 Å². The first kappa shape index (κ1) is 13.0. The molecule has 15 heavy (non-hydrogen) atoms. The van der Waals surface area contributed by atoms with Crippen molar-refractivity contribution in [1.82, 2.24) is 0 Å². The summed E-state index contributed by atoms with van der Waals surface area (Å²) in [4.78, 5) is 0.394. The molecule has 0 aromatic heterocycles. The van der Waals surface area contributed by atoms with E-state index in [1.165, 1.54) is 12.1 Å². The van der Waals surface area contributed by atoms with Crippen molar-refractivity contribution in [2.45, 2.75) is 37.4 Å². The Bertz CT molecular complexity index is 327. The first-order valence-corrected chi connectivity index (χ1v) is 6.44. The van der Waals surface area contributed by atoms with Crippen molar-refractivity contribution in [3.05, 3.63) is 34.6 Å². The van der Waals surface area contributed by atoms with Gasteiger partial charge in [-0.05, 0) is 30.0 Å². The molecular weight excluding hydrogens is 278 g/mol. The summed E-state index contributed by atoms with van der Waals surface area (Å²) in [6.45, 7) is 4.25. The van der Waals surface area contributed by atoms with E-state index in [0.717, 1.165) is 18.4 Å². The molecule has 1 rings (SSSR count). The van der Waals surface area contributed by atoms with Crippen LogP contribution in [0.5, 0.6) is 0 Å². The molecule has 0 fully saturated rings. The number of hydrogen-bond donors (Lipinski definition) is 0. The van der Waals surface area contributed by atoms with Crippen LogP contribution in [0.3, 0.4) is 0 Å². The third kappa shape index (κ3) is 3.46. The summed E-state index contributed by atoms with van der Waals surface area (Å²) in [5.74, 6) is 0.0237. The van der Waals surface area contributed by atoms with Gasteiger partial charge < -0.3 is 0 Å². The van der Waals surface area contributed by atoms with E-state index in [9.17, 15) is 4.39 Å². The highest BCUT2D eigenvalue weighted by Crippen LogP contribution is 2.32. The maximum absolute atomic E-state index is 12.9. The van der Waals surface area contributed by atoms with Gasteiger partial charge in [0, 0.05) is 9.85 Å². The Morgan fingerprint density at radius 2 is 2.13 bits per heavy atom.